The molecule has 0 saturated heterocycles. The van der Waals surface area contributed by atoms with Crippen molar-refractivity contribution in [3.05, 3.63) is 28.8 Å². The van der Waals surface area contributed by atoms with Gasteiger partial charge in [0.15, 0.2) is 0 Å². The Bertz CT molecular complexity index is 605. The molecule has 0 aliphatic heterocycles. The van der Waals surface area contributed by atoms with Crippen LogP contribution < -0.4 is 10.6 Å². The van der Waals surface area contributed by atoms with Crippen LogP contribution in [0.4, 0.5) is 10.5 Å². The van der Waals surface area contributed by atoms with Gasteiger partial charge in [0.05, 0.1) is 19.7 Å². The third-order valence-corrected chi connectivity index (χ3v) is 3.29. The van der Waals surface area contributed by atoms with Crippen molar-refractivity contribution in [3.8, 4) is 0 Å². The van der Waals surface area contributed by atoms with Crippen LogP contribution in [0.25, 0.3) is 0 Å². The van der Waals surface area contributed by atoms with Crippen LogP contribution in [0.3, 0.4) is 0 Å². The predicted octanol–water partition coefficient (Wildman–Crippen LogP) is 1.75. The number of hydrogen-bond donors (Lipinski definition) is 2. The van der Waals surface area contributed by atoms with E-state index in [4.69, 9.17) is 0 Å². The molecule has 0 unspecified atom stereocenters. The molecular formula is C17H25N3O4. The Morgan fingerprint density at radius 1 is 1.04 bits per heavy atom. The van der Waals surface area contributed by atoms with Gasteiger partial charge in [-0.2, -0.15) is 0 Å². The Kier molecular flexibility index (Phi) is 7.38. The van der Waals surface area contributed by atoms with Crippen LogP contribution in [-0.2, 0) is 14.3 Å². The fourth-order valence-corrected chi connectivity index (χ4v) is 2.42. The van der Waals surface area contributed by atoms with E-state index in [1.54, 1.807) is 14.0 Å². The average Bonchev–Trinajstić information content (AvgIpc) is 2.42. The Balaban J connectivity index is 2.53. The van der Waals surface area contributed by atoms with E-state index in [-0.39, 0.29) is 25.6 Å². The van der Waals surface area contributed by atoms with Gasteiger partial charge in [-0.05, 0) is 45.9 Å². The van der Waals surface area contributed by atoms with Crippen LogP contribution in [0.5, 0.6) is 0 Å². The lowest BCUT2D eigenvalue weighted by molar-refractivity contribution is -0.122. The van der Waals surface area contributed by atoms with Crippen LogP contribution in [0.15, 0.2) is 12.1 Å². The van der Waals surface area contributed by atoms with E-state index in [9.17, 15) is 14.4 Å². The van der Waals surface area contributed by atoms with Gasteiger partial charge in [-0.25, -0.2) is 4.79 Å². The molecule has 132 valence electrons. The number of carbonyl (C=O) groups is 3. The average molecular weight is 335 g/mol. The molecule has 0 atom stereocenters. The SMILES string of the molecule is CCOC(=O)NC(=O)CN(C)CC(=O)Nc1c(C)cc(C)cc1C. The van der Waals surface area contributed by atoms with Crippen LogP contribution >= 0.6 is 0 Å². The van der Waals surface area contributed by atoms with E-state index >= 15 is 0 Å². The Morgan fingerprint density at radius 2 is 1.58 bits per heavy atom. The fraction of sp³-hybridized carbons (Fsp3) is 0.471. The summed E-state index contributed by atoms with van der Waals surface area (Å²) in [6.07, 6.45) is -0.786. The van der Waals surface area contributed by atoms with E-state index in [2.05, 4.69) is 15.4 Å². The van der Waals surface area contributed by atoms with Gasteiger partial charge in [0, 0.05) is 5.69 Å². The first-order valence-corrected chi connectivity index (χ1v) is 7.75. The maximum atomic E-state index is 12.1. The van der Waals surface area contributed by atoms with Crippen LogP contribution in [-0.4, -0.2) is 49.6 Å². The first-order valence-electron chi connectivity index (χ1n) is 7.75. The maximum Gasteiger partial charge on any atom is 0.413 e. The molecule has 7 heteroatoms. The largest absolute Gasteiger partial charge is 0.450 e. The summed E-state index contributed by atoms with van der Waals surface area (Å²) in [6, 6.07) is 4.00. The summed E-state index contributed by atoms with van der Waals surface area (Å²) in [5.74, 6) is -0.747. The summed E-state index contributed by atoms with van der Waals surface area (Å²) in [5.41, 5.74) is 3.90. The minimum Gasteiger partial charge on any atom is -0.450 e. The first kappa shape index (κ1) is 19.6. The van der Waals surface area contributed by atoms with E-state index in [0.29, 0.717) is 0 Å². The molecule has 1 aromatic rings. The third-order valence-electron chi connectivity index (χ3n) is 3.29. The monoisotopic (exact) mass is 335 g/mol. The number of nitrogens with zero attached hydrogens (tertiary/aromatic N) is 1. The van der Waals surface area contributed by atoms with Crippen molar-refractivity contribution < 1.29 is 19.1 Å². The van der Waals surface area contributed by atoms with E-state index in [0.717, 1.165) is 22.4 Å². The number of hydrogen-bond acceptors (Lipinski definition) is 5. The second-order valence-electron chi connectivity index (χ2n) is 5.76. The second kappa shape index (κ2) is 9.02. The minimum absolute atomic E-state index is 0.0308. The van der Waals surface area contributed by atoms with Gasteiger partial charge in [-0.3, -0.25) is 19.8 Å². The van der Waals surface area contributed by atoms with Crippen molar-refractivity contribution in [3.63, 3.8) is 0 Å². The Morgan fingerprint density at radius 3 is 2.12 bits per heavy atom. The number of rotatable bonds is 6. The van der Waals surface area contributed by atoms with Crippen molar-refractivity contribution >= 4 is 23.6 Å². The molecule has 0 aliphatic rings. The predicted molar refractivity (Wildman–Crippen MR) is 91.9 cm³/mol. The molecule has 2 N–H and O–H groups in total. The van der Waals surface area contributed by atoms with Crippen molar-refractivity contribution in [2.75, 3.05) is 32.1 Å². The second-order valence-corrected chi connectivity index (χ2v) is 5.76. The quantitative estimate of drug-likeness (QED) is 0.827. The summed E-state index contributed by atoms with van der Waals surface area (Å²) in [4.78, 5) is 36.4. The molecule has 1 rings (SSSR count). The number of imide groups is 1. The highest BCUT2D eigenvalue weighted by atomic mass is 16.5. The summed E-state index contributed by atoms with van der Waals surface area (Å²) in [5, 5.41) is 4.95. The van der Waals surface area contributed by atoms with E-state index in [1.165, 1.54) is 4.90 Å². The van der Waals surface area contributed by atoms with Gasteiger partial charge < -0.3 is 10.1 Å². The number of aryl methyl sites for hydroxylation is 3. The zero-order valence-corrected chi connectivity index (χ0v) is 14.9. The molecule has 0 aromatic heterocycles. The molecule has 0 radical (unpaired) electrons. The zero-order valence-electron chi connectivity index (χ0n) is 14.9. The topological polar surface area (TPSA) is 87.7 Å². The normalized spacial score (nSPS) is 10.4. The van der Waals surface area contributed by atoms with Crippen molar-refractivity contribution in [1.29, 1.82) is 0 Å². The molecule has 3 amide bonds. The lowest BCUT2D eigenvalue weighted by Crippen LogP contribution is -2.41. The van der Waals surface area contributed by atoms with Gasteiger partial charge in [0.2, 0.25) is 11.8 Å². The summed E-state index contributed by atoms with van der Waals surface area (Å²) in [7, 11) is 1.62. The van der Waals surface area contributed by atoms with Gasteiger partial charge in [0.25, 0.3) is 0 Å². The maximum absolute atomic E-state index is 12.1. The smallest absolute Gasteiger partial charge is 0.413 e. The highest BCUT2D eigenvalue weighted by molar-refractivity contribution is 5.95. The van der Waals surface area contributed by atoms with Gasteiger partial charge in [-0.15, -0.1) is 0 Å². The van der Waals surface area contributed by atoms with E-state index < -0.39 is 12.0 Å². The van der Waals surface area contributed by atoms with Gasteiger partial charge in [0.1, 0.15) is 0 Å². The van der Waals surface area contributed by atoms with E-state index in [1.807, 2.05) is 32.9 Å². The highest BCUT2D eigenvalue weighted by Gasteiger charge is 2.14. The molecule has 0 spiro atoms. The summed E-state index contributed by atoms with van der Waals surface area (Å²) in [6.45, 7) is 7.66. The molecule has 0 heterocycles. The van der Waals surface area contributed by atoms with Crippen LogP contribution in [0, 0.1) is 20.8 Å². The number of nitrogens with one attached hydrogen (secondary N) is 2. The number of alkyl carbamates (subject to hydrolysis) is 1. The molecule has 7 nitrogen and oxygen atoms in total. The number of carbonyl (C=O) groups excluding carboxylic acids is 3. The molecule has 1 aromatic carbocycles. The van der Waals surface area contributed by atoms with Crippen LogP contribution in [0.1, 0.15) is 23.6 Å². The molecule has 0 saturated carbocycles. The number of benzene rings is 1. The lowest BCUT2D eigenvalue weighted by atomic mass is 10.1. The van der Waals surface area contributed by atoms with Crippen molar-refractivity contribution in [2.45, 2.75) is 27.7 Å². The molecular weight excluding hydrogens is 310 g/mol. The standard InChI is InChI=1S/C17H25N3O4/c1-6-24-17(23)19-15(22)10-20(5)9-14(21)18-16-12(3)7-11(2)8-13(16)4/h7-8H,6,9-10H2,1-5H3,(H,18,21)(H,19,22,23). The van der Waals surface area contributed by atoms with Gasteiger partial charge >= 0.3 is 6.09 Å². The number of ether oxygens (including phenoxy) is 1. The molecule has 0 bridgehead atoms. The molecule has 0 aliphatic carbocycles. The lowest BCUT2D eigenvalue weighted by Gasteiger charge is -2.17. The minimum atomic E-state index is -0.786. The fourth-order valence-electron chi connectivity index (χ4n) is 2.42. The number of anilines is 1. The van der Waals surface area contributed by atoms with Crippen molar-refractivity contribution in [1.82, 2.24) is 10.2 Å². The number of likely N-dealkylation sites (N-methyl/N-ethyl adjacent to an activating group) is 1. The summed E-state index contributed by atoms with van der Waals surface area (Å²) >= 11 is 0. The first-order chi connectivity index (χ1) is 11.2. The molecule has 24 heavy (non-hydrogen) atoms. The summed E-state index contributed by atoms with van der Waals surface area (Å²) < 4.78 is 4.62. The third kappa shape index (κ3) is 6.37. The Hall–Kier alpha value is -2.41. The molecule has 0 fully saturated rings. The highest BCUT2D eigenvalue weighted by Crippen LogP contribution is 2.21. The zero-order chi connectivity index (χ0) is 18.3. The van der Waals surface area contributed by atoms with Gasteiger partial charge in [-0.1, -0.05) is 17.7 Å². The van der Waals surface area contributed by atoms with Crippen LogP contribution in [0.2, 0.25) is 0 Å². The number of amides is 3. The van der Waals surface area contributed by atoms with Crippen molar-refractivity contribution in [2.24, 2.45) is 0 Å². The Labute approximate surface area is 142 Å².